The maximum Gasteiger partial charge on any atom is 0.227 e. The Hall–Kier alpha value is -1.20. The van der Waals surface area contributed by atoms with E-state index in [4.69, 9.17) is 16.3 Å². The molecule has 1 atom stereocenters. The van der Waals surface area contributed by atoms with Crippen molar-refractivity contribution in [3.05, 3.63) is 35.4 Å². The summed E-state index contributed by atoms with van der Waals surface area (Å²) in [6, 6.07) is 3.84. The van der Waals surface area contributed by atoms with Crippen LogP contribution < -0.4 is 0 Å². The van der Waals surface area contributed by atoms with Crippen LogP contribution in [0.25, 0.3) is 0 Å². The number of morpholine rings is 1. The molecule has 0 bridgehead atoms. The number of benzene rings is 1. The number of nitrogens with zero attached hydrogens (tertiary/aromatic N) is 1. The van der Waals surface area contributed by atoms with E-state index < -0.39 is 17.2 Å². The van der Waals surface area contributed by atoms with Crippen LogP contribution in [-0.2, 0) is 16.0 Å². The molecule has 3 nitrogen and oxygen atoms in total. The third kappa shape index (κ3) is 3.92. The van der Waals surface area contributed by atoms with Gasteiger partial charge in [-0.2, -0.15) is 0 Å². The molecule has 0 aromatic heterocycles. The van der Waals surface area contributed by atoms with Crippen LogP contribution in [0.2, 0.25) is 0 Å². The Balaban J connectivity index is 2.10. The van der Waals surface area contributed by atoms with Gasteiger partial charge in [-0.05, 0) is 19.9 Å². The van der Waals surface area contributed by atoms with Gasteiger partial charge in [0.1, 0.15) is 0 Å². The predicted molar refractivity (Wildman–Crippen MR) is 76.3 cm³/mol. The smallest absolute Gasteiger partial charge is 0.227 e. The molecule has 1 amide bonds. The van der Waals surface area contributed by atoms with E-state index in [1.807, 2.05) is 13.8 Å². The molecule has 1 aromatic rings. The first-order valence-electron chi connectivity index (χ1n) is 6.77. The molecule has 0 aliphatic carbocycles. The third-order valence-electron chi connectivity index (χ3n) is 3.38. The molecule has 116 valence electrons. The number of amides is 1. The summed E-state index contributed by atoms with van der Waals surface area (Å²) >= 11 is 5.81. The van der Waals surface area contributed by atoms with Crippen LogP contribution in [0.5, 0.6) is 0 Å². The fraction of sp³-hybridized carbons (Fsp3) is 0.533. The molecule has 6 heteroatoms. The van der Waals surface area contributed by atoms with E-state index in [-0.39, 0.29) is 29.9 Å². The topological polar surface area (TPSA) is 29.5 Å². The van der Waals surface area contributed by atoms with E-state index in [2.05, 4.69) is 0 Å². The Kier molecular flexibility index (Phi) is 4.84. The quantitative estimate of drug-likeness (QED) is 0.802. The number of hydrogen-bond acceptors (Lipinski definition) is 2. The van der Waals surface area contributed by atoms with Gasteiger partial charge in [-0.25, -0.2) is 8.78 Å². The van der Waals surface area contributed by atoms with Crippen molar-refractivity contribution < 1.29 is 18.3 Å². The van der Waals surface area contributed by atoms with Crippen LogP contribution in [0.1, 0.15) is 19.4 Å². The summed E-state index contributed by atoms with van der Waals surface area (Å²) in [5, 5.41) is 0. The monoisotopic (exact) mass is 317 g/mol. The zero-order valence-electron chi connectivity index (χ0n) is 12.0. The zero-order chi connectivity index (χ0) is 15.6. The SMILES string of the molecule is CC1(C)CN(C(=O)Cc2cccc(F)c2F)CC(CCl)O1. The summed E-state index contributed by atoms with van der Waals surface area (Å²) in [5.41, 5.74) is -0.444. The highest BCUT2D eigenvalue weighted by molar-refractivity contribution is 6.18. The Bertz CT molecular complexity index is 536. The molecule has 1 aliphatic heterocycles. The lowest BCUT2D eigenvalue weighted by Gasteiger charge is -2.42. The molecule has 1 heterocycles. The van der Waals surface area contributed by atoms with E-state index in [9.17, 15) is 13.6 Å². The average molecular weight is 318 g/mol. The second-order valence-electron chi connectivity index (χ2n) is 5.82. The Morgan fingerprint density at radius 2 is 2.19 bits per heavy atom. The molecule has 0 radical (unpaired) electrons. The van der Waals surface area contributed by atoms with Gasteiger partial charge in [-0.3, -0.25) is 4.79 Å². The number of halogens is 3. The van der Waals surface area contributed by atoms with Gasteiger partial charge in [-0.15, -0.1) is 11.6 Å². The van der Waals surface area contributed by atoms with E-state index in [0.29, 0.717) is 13.1 Å². The van der Waals surface area contributed by atoms with E-state index >= 15 is 0 Å². The number of ether oxygens (including phenoxy) is 1. The van der Waals surface area contributed by atoms with Gasteiger partial charge in [0.2, 0.25) is 5.91 Å². The number of carbonyl (C=O) groups is 1. The lowest BCUT2D eigenvalue weighted by molar-refractivity contribution is -0.157. The van der Waals surface area contributed by atoms with E-state index in [0.717, 1.165) is 6.07 Å². The van der Waals surface area contributed by atoms with Gasteiger partial charge in [0.05, 0.1) is 24.0 Å². The van der Waals surface area contributed by atoms with Crippen molar-refractivity contribution in [2.45, 2.75) is 32.0 Å². The lowest BCUT2D eigenvalue weighted by Crippen LogP contribution is -2.55. The minimum absolute atomic E-state index is 0.0618. The van der Waals surface area contributed by atoms with Crippen LogP contribution >= 0.6 is 11.6 Å². The van der Waals surface area contributed by atoms with E-state index in [1.54, 1.807) is 4.90 Å². The molecule has 1 unspecified atom stereocenters. The van der Waals surface area contributed by atoms with Crippen molar-refractivity contribution in [2.75, 3.05) is 19.0 Å². The van der Waals surface area contributed by atoms with Crippen molar-refractivity contribution in [2.24, 2.45) is 0 Å². The number of carbonyl (C=O) groups excluding carboxylic acids is 1. The highest BCUT2D eigenvalue weighted by atomic mass is 35.5. The molecule has 1 fully saturated rings. The van der Waals surface area contributed by atoms with Crippen LogP contribution in [0.3, 0.4) is 0 Å². The van der Waals surface area contributed by atoms with Crippen LogP contribution in [0, 0.1) is 11.6 Å². The van der Waals surface area contributed by atoms with Gasteiger partial charge < -0.3 is 9.64 Å². The maximum atomic E-state index is 13.6. The minimum atomic E-state index is -0.965. The number of hydrogen-bond donors (Lipinski definition) is 0. The highest BCUT2D eigenvalue weighted by Gasteiger charge is 2.35. The average Bonchev–Trinajstić information content (AvgIpc) is 2.42. The highest BCUT2D eigenvalue weighted by Crippen LogP contribution is 2.23. The summed E-state index contributed by atoms with van der Waals surface area (Å²) in [6.45, 7) is 4.50. The second kappa shape index (κ2) is 6.28. The Labute approximate surface area is 127 Å². The van der Waals surface area contributed by atoms with Crippen molar-refractivity contribution >= 4 is 17.5 Å². The Morgan fingerprint density at radius 1 is 1.48 bits per heavy atom. The molecular weight excluding hydrogens is 300 g/mol. The van der Waals surface area contributed by atoms with Gasteiger partial charge in [0.15, 0.2) is 11.6 Å². The summed E-state index contributed by atoms with van der Waals surface area (Å²) in [4.78, 5) is 13.9. The normalized spacial score (nSPS) is 21.4. The van der Waals surface area contributed by atoms with Gasteiger partial charge >= 0.3 is 0 Å². The van der Waals surface area contributed by atoms with Crippen molar-refractivity contribution in [3.63, 3.8) is 0 Å². The first-order valence-corrected chi connectivity index (χ1v) is 7.30. The summed E-state index contributed by atoms with van der Waals surface area (Å²) in [6.07, 6.45) is -0.425. The van der Waals surface area contributed by atoms with Crippen molar-refractivity contribution in [1.82, 2.24) is 4.90 Å². The largest absolute Gasteiger partial charge is 0.367 e. The van der Waals surface area contributed by atoms with E-state index in [1.165, 1.54) is 12.1 Å². The van der Waals surface area contributed by atoms with Gasteiger partial charge in [-0.1, -0.05) is 12.1 Å². The first-order chi connectivity index (χ1) is 9.82. The molecule has 1 aromatic carbocycles. The molecular formula is C15H18ClF2NO2. The fourth-order valence-electron chi connectivity index (χ4n) is 2.53. The first kappa shape index (κ1) is 16.2. The molecule has 0 spiro atoms. The van der Waals surface area contributed by atoms with Gasteiger partial charge in [0, 0.05) is 18.7 Å². The molecule has 2 rings (SSSR count). The summed E-state index contributed by atoms with van der Waals surface area (Å²) in [7, 11) is 0. The zero-order valence-corrected chi connectivity index (χ0v) is 12.8. The standard InChI is InChI=1S/C15H18ClF2NO2/c1-15(2)9-19(8-11(7-16)21-15)13(20)6-10-4-3-5-12(17)14(10)18/h3-5,11H,6-9H2,1-2H3. The molecule has 21 heavy (non-hydrogen) atoms. The summed E-state index contributed by atoms with van der Waals surface area (Å²) in [5.74, 6) is -1.89. The Morgan fingerprint density at radius 3 is 2.86 bits per heavy atom. The van der Waals surface area contributed by atoms with Crippen LogP contribution in [0.15, 0.2) is 18.2 Å². The second-order valence-corrected chi connectivity index (χ2v) is 6.13. The molecule has 0 saturated carbocycles. The third-order valence-corrected chi connectivity index (χ3v) is 3.72. The predicted octanol–water partition coefficient (Wildman–Crippen LogP) is 2.75. The van der Waals surface area contributed by atoms with Gasteiger partial charge in [0.25, 0.3) is 0 Å². The van der Waals surface area contributed by atoms with Crippen LogP contribution in [-0.4, -0.2) is 41.5 Å². The number of alkyl halides is 1. The lowest BCUT2D eigenvalue weighted by atomic mass is 10.0. The van der Waals surface area contributed by atoms with Crippen molar-refractivity contribution in [1.29, 1.82) is 0 Å². The molecule has 1 aliphatic rings. The van der Waals surface area contributed by atoms with Crippen molar-refractivity contribution in [3.8, 4) is 0 Å². The minimum Gasteiger partial charge on any atom is -0.367 e. The fourth-order valence-corrected chi connectivity index (χ4v) is 2.69. The maximum absolute atomic E-state index is 13.6. The molecule has 0 N–H and O–H groups in total. The number of rotatable bonds is 3. The molecule has 1 saturated heterocycles. The summed E-state index contributed by atoms with van der Waals surface area (Å²) < 4.78 is 32.5. The van der Waals surface area contributed by atoms with Crippen LogP contribution in [0.4, 0.5) is 8.78 Å².